The van der Waals surface area contributed by atoms with E-state index in [1.165, 1.54) is 14.2 Å². The topological polar surface area (TPSA) is 87.0 Å². The molecule has 0 aliphatic heterocycles. The summed E-state index contributed by atoms with van der Waals surface area (Å²) >= 11 is 9.45. The van der Waals surface area contributed by atoms with Crippen molar-refractivity contribution < 1.29 is 23.4 Å². The Bertz CT molecular complexity index is 1480. The summed E-state index contributed by atoms with van der Waals surface area (Å²) in [5, 5.41) is 3.67. The molecule has 0 saturated carbocycles. The molecule has 0 fully saturated rings. The summed E-state index contributed by atoms with van der Waals surface area (Å²) in [6, 6.07) is 15.3. The molecule has 0 atom stereocenters. The van der Waals surface area contributed by atoms with Crippen molar-refractivity contribution in [3.05, 3.63) is 79.9 Å². The first-order valence-corrected chi connectivity index (χ1v) is 11.7. The van der Waals surface area contributed by atoms with Crippen molar-refractivity contribution in [2.75, 3.05) is 26.1 Å². The van der Waals surface area contributed by atoms with E-state index in [-0.39, 0.29) is 11.5 Å². The maximum Gasteiger partial charge on any atom is 0.262 e. The van der Waals surface area contributed by atoms with Gasteiger partial charge in [-0.3, -0.25) is 9.59 Å². The fourth-order valence-electron chi connectivity index (χ4n) is 3.59. The summed E-state index contributed by atoms with van der Waals surface area (Å²) in [5.41, 5.74) is 1.88. The summed E-state index contributed by atoms with van der Waals surface area (Å²) in [7, 11) is 3.03. The second-order valence-electron chi connectivity index (χ2n) is 7.58. The summed E-state index contributed by atoms with van der Waals surface area (Å²) < 4.78 is 23.2. The Morgan fingerprint density at radius 3 is 2.54 bits per heavy atom. The summed E-state index contributed by atoms with van der Waals surface area (Å²) in [6.07, 6.45) is 0. The largest absolute Gasteiger partial charge is 0.493 e. The van der Waals surface area contributed by atoms with Gasteiger partial charge in [-0.05, 0) is 70.9 Å². The number of anilines is 1. The third-order valence-electron chi connectivity index (χ3n) is 5.26. The van der Waals surface area contributed by atoms with E-state index in [9.17, 15) is 9.59 Å². The lowest BCUT2D eigenvalue weighted by Crippen LogP contribution is -2.23. The van der Waals surface area contributed by atoms with E-state index in [4.69, 9.17) is 30.2 Å². The summed E-state index contributed by atoms with van der Waals surface area (Å²) in [5.74, 6) is 0.535. The number of aryl methyl sites for hydroxylation is 1. The van der Waals surface area contributed by atoms with E-state index in [0.29, 0.717) is 43.2 Å². The average molecular weight is 559 g/mol. The minimum absolute atomic E-state index is 0.0919. The predicted molar refractivity (Wildman–Crippen MR) is 139 cm³/mol. The van der Waals surface area contributed by atoms with Crippen LogP contribution in [-0.4, -0.2) is 26.7 Å². The Balaban J connectivity index is 1.74. The number of nitrogens with one attached hydrogen (secondary N) is 1. The van der Waals surface area contributed by atoms with Gasteiger partial charge in [0.05, 0.1) is 24.1 Å². The lowest BCUT2D eigenvalue weighted by molar-refractivity contribution is -0.118. The molecule has 0 unspecified atom stereocenters. The number of amides is 1. The predicted octanol–water partition coefficient (Wildman–Crippen LogP) is 6.22. The Labute approximate surface area is 214 Å². The van der Waals surface area contributed by atoms with Gasteiger partial charge in [0.1, 0.15) is 5.58 Å². The van der Waals surface area contributed by atoms with Crippen LogP contribution < -0.4 is 25.0 Å². The number of hydrogen-bond acceptors (Lipinski definition) is 6. The molecule has 9 heteroatoms. The van der Waals surface area contributed by atoms with Gasteiger partial charge in [-0.25, -0.2) is 0 Å². The minimum Gasteiger partial charge on any atom is -0.493 e. The van der Waals surface area contributed by atoms with E-state index < -0.39 is 17.9 Å². The van der Waals surface area contributed by atoms with Crippen LogP contribution in [0, 0.1) is 6.92 Å². The van der Waals surface area contributed by atoms with Crippen molar-refractivity contribution in [3.63, 3.8) is 0 Å². The highest BCUT2D eigenvalue weighted by Crippen LogP contribution is 2.41. The number of carbonyl (C=O) groups is 1. The maximum atomic E-state index is 13.3. The molecule has 0 spiro atoms. The quantitative estimate of drug-likeness (QED) is 0.290. The number of para-hydroxylation sites is 1. The highest BCUT2D eigenvalue weighted by Gasteiger charge is 2.22. The lowest BCUT2D eigenvalue weighted by Gasteiger charge is -2.15. The van der Waals surface area contributed by atoms with E-state index in [1.807, 2.05) is 6.92 Å². The average Bonchev–Trinajstić information content (AvgIpc) is 2.84. The number of methoxy groups -OCH3 is 2. The van der Waals surface area contributed by atoms with E-state index in [1.54, 1.807) is 54.6 Å². The van der Waals surface area contributed by atoms with E-state index >= 15 is 0 Å². The molecule has 0 aliphatic rings. The molecule has 35 heavy (non-hydrogen) atoms. The molecule has 1 amide bonds. The third kappa shape index (κ3) is 5.13. The molecular weight excluding hydrogens is 538 g/mol. The van der Waals surface area contributed by atoms with Crippen LogP contribution in [0.15, 0.2) is 68.3 Å². The molecule has 180 valence electrons. The molecule has 0 bridgehead atoms. The zero-order valence-corrected chi connectivity index (χ0v) is 21.5. The first-order chi connectivity index (χ1) is 16.8. The van der Waals surface area contributed by atoms with Crippen LogP contribution >= 0.6 is 27.5 Å². The second-order valence-corrected chi connectivity index (χ2v) is 8.87. The van der Waals surface area contributed by atoms with Crippen LogP contribution in [0.5, 0.6) is 17.2 Å². The maximum absolute atomic E-state index is 13.3. The van der Waals surface area contributed by atoms with Crippen molar-refractivity contribution in [3.8, 4) is 28.6 Å². The molecule has 1 N–H and O–H groups in total. The molecule has 4 rings (SSSR count). The Morgan fingerprint density at radius 1 is 1.06 bits per heavy atom. The highest BCUT2D eigenvalue weighted by molar-refractivity contribution is 9.10. The number of hydrogen-bond donors (Lipinski definition) is 1. The van der Waals surface area contributed by atoms with Crippen molar-refractivity contribution in [2.45, 2.75) is 6.92 Å². The lowest BCUT2D eigenvalue weighted by atomic mass is 10.1. The number of halogens is 2. The van der Waals surface area contributed by atoms with Gasteiger partial charge in [0.25, 0.3) is 5.91 Å². The highest BCUT2D eigenvalue weighted by atomic mass is 79.9. The first-order valence-electron chi connectivity index (χ1n) is 10.5. The molecular formula is C26H21BrClNO6. The van der Waals surface area contributed by atoms with Gasteiger partial charge in [-0.2, -0.15) is 0 Å². The van der Waals surface area contributed by atoms with Crippen LogP contribution in [-0.2, 0) is 4.79 Å². The number of benzene rings is 3. The van der Waals surface area contributed by atoms with Gasteiger partial charge in [-0.1, -0.05) is 23.7 Å². The molecule has 3 aromatic carbocycles. The van der Waals surface area contributed by atoms with Crippen LogP contribution in [0.4, 0.5) is 5.69 Å². The SMILES string of the molecule is COc1cc(-c2oc3ccccc3c(=O)c2OCC(=O)Nc2ccc(Cl)cc2C)cc(Br)c1OC. The first kappa shape index (κ1) is 24.6. The molecule has 4 aromatic rings. The summed E-state index contributed by atoms with van der Waals surface area (Å²) in [6.45, 7) is 1.42. The van der Waals surface area contributed by atoms with Gasteiger partial charge < -0.3 is 23.9 Å². The van der Waals surface area contributed by atoms with E-state index in [2.05, 4.69) is 21.2 Å². The third-order valence-corrected chi connectivity index (χ3v) is 6.09. The van der Waals surface area contributed by atoms with Crippen molar-refractivity contribution in [1.29, 1.82) is 0 Å². The fraction of sp³-hybridized carbons (Fsp3) is 0.154. The van der Waals surface area contributed by atoms with Crippen LogP contribution in [0.1, 0.15) is 5.56 Å². The van der Waals surface area contributed by atoms with Gasteiger partial charge in [0.2, 0.25) is 11.2 Å². The monoisotopic (exact) mass is 557 g/mol. The molecule has 0 saturated heterocycles. The molecule has 1 heterocycles. The number of fused-ring (bicyclic) bond motifs is 1. The number of ether oxygens (including phenoxy) is 3. The van der Waals surface area contributed by atoms with Crippen molar-refractivity contribution in [2.24, 2.45) is 0 Å². The van der Waals surface area contributed by atoms with Crippen LogP contribution in [0.2, 0.25) is 5.02 Å². The Hall–Kier alpha value is -3.49. The van der Waals surface area contributed by atoms with E-state index in [0.717, 1.165) is 5.56 Å². The van der Waals surface area contributed by atoms with Crippen LogP contribution in [0.3, 0.4) is 0 Å². The van der Waals surface area contributed by atoms with Crippen molar-refractivity contribution >= 4 is 50.1 Å². The Morgan fingerprint density at radius 2 is 1.83 bits per heavy atom. The molecule has 1 aromatic heterocycles. The number of rotatable bonds is 7. The zero-order valence-electron chi connectivity index (χ0n) is 19.1. The fourth-order valence-corrected chi connectivity index (χ4v) is 4.42. The van der Waals surface area contributed by atoms with Gasteiger partial charge in [-0.15, -0.1) is 0 Å². The zero-order chi connectivity index (χ0) is 25.1. The van der Waals surface area contributed by atoms with Gasteiger partial charge >= 0.3 is 0 Å². The van der Waals surface area contributed by atoms with Crippen LogP contribution in [0.25, 0.3) is 22.3 Å². The summed E-state index contributed by atoms with van der Waals surface area (Å²) in [4.78, 5) is 26.0. The molecule has 0 aliphatic carbocycles. The molecule has 7 nitrogen and oxygen atoms in total. The van der Waals surface area contributed by atoms with Crippen molar-refractivity contribution in [1.82, 2.24) is 0 Å². The number of carbonyl (C=O) groups excluding carboxylic acids is 1. The van der Waals surface area contributed by atoms with Gasteiger partial charge in [0.15, 0.2) is 23.9 Å². The smallest absolute Gasteiger partial charge is 0.262 e. The van der Waals surface area contributed by atoms with Gasteiger partial charge in [0, 0.05) is 16.3 Å². The standard InChI is InChI=1S/C26H21BrClNO6/c1-14-10-16(28)8-9-19(14)29-22(30)13-34-26-23(31)17-6-4-5-7-20(17)35-24(26)15-11-18(27)25(33-3)21(12-15)32-2/h4-12H,13H2,1-3H3,(H,29,30). The normalized spacial score (nSPS) is 10.8. The second kappa shape index (κ2) is 10.4. The minimum atomic E-state index is -0.442. The molecule has 0 radical (unpaired) electrons. The Kier molecular flexibility index (Phi) is 7.33.